The average molecular weight is 308 g/mol. The summed E-state index contributed by atoms with van der Waals surface area (Å²) in [5.41, 5.74) is 3.11. The molecule has 0 spiro atoms. The summed E-state index contributed by atoms with van der Waals surface area (Å²) in [6, 6.07) is 6.78. The second-order valence-electron chi connectivity index (χ2n) is 8.00. The minimum Gasteiger partial charge on any atom is -0.309 e. The van der Waals surface area contributed by atoms with E-state index < -0.39 is 0 Å². The van der Waals surface area contributed by atoms with Gasteiger partial charge in [-0.05, 0) is 59.4 Å². The van der Waals surface area contributed by atoms with Crippen LogP contribution in [0.3, 0.4) is 0 Å². The summed E-state index contributed by atoms with van der Waals surface area (Å²) in [7, 11) is 0. The van der Waals surface area contributed by atoms with Crippen LogP contribution < -0.4 is 5.32 Å². The van der Waals surface area contributed by atoms with Gasteiger partial charge >= 0.3 is 0 Å². The zero-order chi connectivity index (χ0) is 15.8. The minimum atomic E-state index is 0.255. The van der Waals surface area contributed by atoms with Crippen LogP contribution in [0.1, 0.15) is 58.7 Å². The van der Waals surface area contributed by atoms with Gasteiger partial charge in [-0.1, -0.05) is 59.2 Å². The van der Waals surface area contributed by atoms with E-state index in [0.29, 0.717) is 23.8 Å². The van der Waals surface area contributed by atoms with E-state index in [-0.39, 0.29) is 5.41 Å². The summed E-state index contributed by atoms with van der Waals surface area (Å²) < 4.78 is 0. The first-order valence-electron chi connectivity index (χ1n) is 8.24. The van der Waals surface area contributed by atoms with Gasteiger partial charge in [0.15, 0.2) is 0 Å². The van der Waals surface area contributed by atoms with Gasteiger partial charge in [0.25, 0.3) is 0 Å². The van der Waals surface area contributed by atoms with Gasteiger partial charge in [-0.2, -0.15) is 0 Å². The standard InChI is InChI=1S/C19H30ClN/c1-12(2)17(13(3)4)11-21-18-16-9-15(20)8-7-14(16)10-19(18,5)6/h7-9,12-13,17-18,21H,10-11H2,1-6H3. The molecule has 1 aliphatic rings. The lowest BCUT2D eigenvalue weighted by molar-refractivity contribution is 0.217. The zero-order valence-corrected chi connectivity index (χ0v) is 15.1. The Balaban J connectivity index is 2.17. The van der Waals surface area contributed by atoms with E-state index >= 15 is 0 Å². The summed E-state index contributed by atoms with van der Waals surface area (Å²) in [6.07, 6.45) is 1.13. The van der Waals surface area contributed by atoms with Crippen molar-refractivity contribution in [2.75, 3.05) is 6.54 Å². The highest BCUT2D eigenvalue weighted by Gasteiger charge is 2.39. The number of rotatable bonds is 5. The Bertz CT molecular complexity index is 482. The van der Waals surface area contributed by atoms with E-state index in [2.05, 4.69) is 59.0 Å². The molecule has 2 rings (SSSR count). The maximum Gasteiger partial charge on any atom is 0.0409 e. The smallest absolute Gasteiger partial charge is 0.0409 e. The molecular weight excluding hydrogens is 278 g/mol. The fourth-order valence-electron chi connectivity index (χ4n) is 3.89. The van der Waals surface area contributed by atoms with Crippen molar-refractivity contribution in [1.29, 1.82) is 0 Å². The lowest BCUT2D eigenvalue weighted by atomic mass is 9.82. The molecule has 0 bridgehead atoms. The molecule has 2 heteroatoms. The Hall–Kier alpha value is -0.530. The van der Waals surface area contributed by atoms with Crippen molar-refractivity contribution in [3.63, 3.8) is 0 Å². The molecule has 0 aromatic heterocycles. The molecule has 0 radical (unpaired) electrons. The molecule has 1 N–H and O–H groups in total. The predicted molar refractivity (Wildman–Crippen MR) is 92.8 cm³/mol. The van der Waals surface area contributed by atoms with E-state index in [9.17, 15) is 0 Å². The second kappa shape index (κ2) is 6.30. The maximum atomic E-state index is 6.22. The van der Waals surface area contributed by atoms with Crippen molar-refractivity contribution in [3.8, 4) is 0 Å². The van der Waals surface area contributed by atoms with Crippen LogP contribution in [-0.2, 0) is 6.42 Å². The van der Waals surface area contributed by atoms with Crippen molar-refractivity contribution < 1.29 is 0 Å². The molecule has 1 aromatic carbocycles. The summed E-state index contributed by atoms with van der Waals surface area (Å²) >= 11 is 6.22. The monoisotopic (exact) mass is 307 g/mol. The number of nitrogens with one attached hydrogen (secondary N) is 1. The molecule has 0 fully saturated rings. The highest BCUT2D eigenvalue weighted by Crippen LogP contribution is 2.46. The van der Waals surface area contributed by atoms with Crippen molar-refractivity contribution in [3.05, 3.63) is 34.3 Å². The average Bonchev–Trinajstić information content (AvgIpc) is 2.59. The molecule has 1 nitrogen and oxygen atoms in total. The van der Waals surface area contributed by atoms with E-state index in [1.165, 1.54) is 11.1 Å². The van der Waals surface area contributed by atoms with Gasteiger partial charge in [-0.3, -0.25) is 0 Å². The van der Waals surface area contributed by atoms with Crippen molar-refractivity contribution >= 4 is 11.6 Å². The zero-order valence-electron chi connectivity index (χ0n) is 14.3. The van der Waals surface area contributed by atoms with Crippen LogP contribution in [0, 0.1) is 23.2 Å². The van der Waals surface area contributed by atoms with Gasteiger partial charge in [0, 0.05) is 11.1 Å². The summed E-state index contributed by atoms with van der Waals surface area (Å²) in [5.74, 6) is 2.13. The SMILES string of the molecule is CC(C)C(CNC1c2cc(Cl)ccc2CC1(C)C)C(C)C. The van der Waals surface area contributed by atoms with Crippen molar-refractivity contribution in [1.82, 2.24) is 5.32 Å². The largest absolute Gasteiger partial charge is 0.309 e. The third-order valence-electron chi connectivity index (χ3n) is 5.12. The van der Waals surface area contributed by atoms with Gasteiger partial charge < -0.3 is 5.32 Å². The lowest BCUT2D eigenvalue weighted by Gasteiger charge is -2.33. The Morgan fingerprint density at radius 2 is 1.81 bits per heavy atom. The topological polar surface area (TPSA) is 12.0 Å². The number of benzene rings is 1. The van der Waals surface area contributed by atoms with Crippen LogP contribution in [0.4, 0.5) is 0 Å². The molecule has 0 aliphatic heterocycles. The van der Waals surface area contributed by atoms with Crippen LogP contribution in [0.15, 0.2) is 18.2 Å². The van der Waals surface area contributed by atoms with E-state index in [1.807, 2.05) is 6.07 Å². The highest BCUT2D eigenvalue weighted by atomic mass is 35.5. The second-order valence-corrected chi connectivity index (χ2v) is 8.44. The summed E-state index contributed by atoms with van der Waals surface area (Å²) in [6.45, 7) is 15.1. The quantitative estimate of drug-likeness (QED) is 0.759. The van der Waals surface area contributed by atoms with Crippen LogP contribution in [0.25, 0.3) is 0 Å². The molecule has 1 aromatic rings. The van der Waals surface area contributed by atoms with Gasteiger partial charge in [0.05, 0.1) is 0 Å². The summed E-state index contributed by atoms with van der Waals surface area (Å²) in [5, 5.41) is 4.71. The van der Waals surface area contributed by atoms with Crippen LogP contribution in [0.5, 0.6) is 0 Å². The molecule has 0 heterocycles. The van der Waals surface area contributed by atoms with Gasteiger partial charge in [-0.25, -0.2) is 0 Å². The number of hydrogen-bond acceptors (Lipinski definition) is 1. The predicted octanol–water partition coefficient (Wildman–Crippen LogP) is 5.48. The minimum absolute atomic E-state index is 0.255. The summed E-state index contributed by atoms with van der Waals surface area (Å²) in [4.78, 5) is 0. The molecule has 0 amide bonds. The first-order valence-corrected chi connectivity index (χ1v) is 8.62. The molecular formula is C19H30ClN. The van der Waals surface area contributed by atoms with Gasteiger partial charge in [0.2, 0.25) is 0 Å². The Kier molecular flexibility index (Phi) is 5.05. The van der Waals surface area contributed by atoms with Crippen LogP contribution in [-0.4, -0.2) is 6.54 Å². The molecule has 1 atom stereocenters. The van der Waals surface area contributed by atoms with E-state index in [0.717, 1.165) is 18.0 Å². The van der Waals surface area contributed by atoms with E-state index in [1.54, 1.807) is 0 Å². The lowest BCUT2D eigenvalue weighted by Crippen LogP contribution is -2.37. The van der Waals surface area contributed by atoms with Crippen molar-refractivity contribution in [2.24, 2.45) is 23.2 Å². The van der Waals surface area contributed by atoms with Gasteiger partial charge in [-0.15, -0.1) is 0 Å². The van der Waals surface area contributed by atoms with Crippen LogP contribution in [0.2, 0.25) is 5.02 Å². The van der Waals surface area contributed by atoms with E-state index in [4.69, 9.17) is 11.6 Å². The molecule has 118 valence electrons. The molecule has 1 aliphatic carbocycles. The Morgan fingerprint density at radius 1 is 1.19 bits per heavy atom. The molecule has 0 saturated carbocycles. The highest BCUT2D eigenvalue weighted by molar-refractivity contribution is 6.30. The molecule has 1 unspecified atom stereocenters. The third kappa shape index (κ3) is 3.63. The third-order valence-corrected chi connectivity index (χ3v) is 5.35. The number of hydrogen-bond donors (Lipinski definition) is 1. The fraction of sp³-hybridized carbons (Fsp3) is 0.684. The Labute approximate surface area is 135 Å². The van der Waals surface area contributed by atoms with Crippen LogP contribution >= 0.6 is 11.6 Å². The Morgan fingerprint density at radius 3 is 2.38 bits per heavy atom. The van der Waals surface area contributed by atoms with Gasteiger partial charge in [0.1, 0.15) is 0 Å². The maximum absolute atomic E-state index is 6.22. The number of fused-ring (bicyclic) bond motifs is 1. The normalized spacial score (nSPS) is 20.6. The number of halogens is 1. The fourth-order valence-corrected chi connectivity index (χ4v) is 4.07. The van der Waals surface area contributed by atoms with Crippen molar-refractivity contribution in [2.45, 2.75) is 54.0 Å². The molecule has 0 saturated heterocycles. The first-order chi connectivity index (χ1) is 9.72. The first kappa shape index (κ1) is 16.8. The molecule has 21 heavy (non-hydrogen) atoms.